The van der Waals surface area contributed by atoms with Gasteiger partial charge in [0.2, 0.25) is 0 Å². The highest BCUT2D eigenvalue weighted by Crippen LogP contribution is 2.12. The van der Waals surface area contributed by atoms with Crippen molar-refractivity contribution < 1.29 is 0 Å². The van der Waals surface area contributed by atoms with Gasteiger partial charge in [-0.3, -0.25) is 4.40 Å². The van der Waals surface area contributed by atoms with Gasteiger partial charge in [0.1, 0.15) is 17.7 Å². The Bertz CT molecular complexity index is 830. The predicted molar refractivity (Wildman–Crippen MR) is 83.5 cm³/mol. The van der Waals surface area contributed by atoms with Gasteiger partial charge in [0, 0.05) is 24.9 Å². The molecule has 0 fully saturated rings. The number of aromatic nitrogens is 4. The lowest BCUT2D eigenvalue weighted by molar-refractivity contribution is 0.786. The minimum absolute atomic E-state index is 0.568. The van der Waals surface area contributed by atoms with Gasteiger partial charge in [0.05, 0.1) is 5.56 Å². The molecule has 3 heterocycles. The molecule has 110 valence electrons. The topological polar surface area (TPSA) is 78.9 Å². The van der Waals surface area contributed by atoms with E-state index in [1.165, 1.54) is 0 Å². The molecule has 0 aliphatic heterocycles. The molecule has 0 aliphatic rings. The van der Waals surface area contributed by atoms with Gasteiger partial charge in [0.15, 0.2) is 5.65 Å². The lowest BCUT2D eigenvalue weighted by Crippen LogP contribution is -2.08. The fourth-order valence-electron chi connectivity index (χ4n) is 2.30. The first-order chi connectivity index (χ1) is 10.8. The van der Waals surface area contributed by atoms with Crippen LogP contribution in [0.2, 0.25) is 0 Å². The lowest BCUT2D eigenvalue weighted by atomic mass is 10.2. The first kappa shape index (κ1) is 14.0. The van der Waals surface area contributed by atoms with E-state index >= 15 is 0 Å². The van der Waals surface area contributed by atoms with E-state index in [1.54, 1.807) is 6.07 Å². The van der Waals surface area contributed by atoms with Crippen LogP contribution in [-0.2, 0) is 6.42 Å². The zero-order valence-electron chi connectivity index (χ0n) is 12.3. The predicted octanol–water partition coefficient (Wildman–Crippen LogP) is 2.35. The number of anilines is 1. The summed E-state index contributed by atoms with van der Waals surface area (Å²) in [5.74, 6) is 1.59. The largest absolute Gasteiger partial charge is 0.369 e. The summed E-state index contributed by atoms with van der Waals surface area (Å²) in [5.41, 5.74) is 2.32. The highest BCUT2D eigenvalue weighted by Gasteiger charge is 2.06. The average molecular weight is 292 g/mol. The van der Waals surface area contributed by atoms with Gasteiger partial charge in [-0.1, -0.05) is 6.07 Å². The van der Waals surface area contributed by atoms with Gasteiger partial charge in [-0.05, 0) is 37.6 Å². The van der Waals surface area contributed by atoms with Crippen molar-refractivity contribution >= 4 is 11.5 Å². The number of nitriles is 1. The standard InChI is InChI=1S/C16H16N6/c1-12-7-8-13(11-17)16(19-12)18-9-4-6-15-21-20-14-5-2-3-10-22(14)15/h2-3,5,7-8,10H,4,6,9H2,1H3,(H,18,19). The molecule has 0 unspecified atom stereocenters. The Morgan fingerprint density at radius 2 is 2.14 bits per heavy atom. The smallest absolute Gasteiger partial charge is 0.160 e. The maximum Gasteiger partial charge on any atom is 0.160 e. The number of nitrogens with zero attached hydrogens (tertiary/aromatic N) is 5. The quantitative estimate of drug-likeness (QED) is 0.730. The molecule has 0 bridgehead atoms. The van der Waals surface area contributed by atoms with Crippen LogP contribution in [0.15, 0.2) is 36.5 Å². The Kier molecular flexibility index (Phi) is 3.97. The van der Waals surface area contributed by atoms with E-state index in [4.69, 9.17) is 5.26 Å². The van der Waals surface area contributed by atoms with E-state index in [9.17, 15) is 0 Å². The van der Waals surface area contributed by atoms with E-state index in [-0.39, 0.29) is 0 Å². The molecule has 3 aromatic rings. The lowest BCUT2D eigenvalue weighted by Gasteiger charge is -2.07. The molecule has 3 rings (SSSR count). The normalized spacial score (nSPS) is 10.5. The van der Waals surface area contributed by atoms with E-state index in [2.05, 4.69) is 26.6 Å². The number of rotatable bonds is 5. The molecule has 0 aliphatic carbocycles. The summed E-state index contributed by atoms with van der Waals surface area (Å²) >= 11 is 0. The van der Waals surface area contributed by atoms with Crippen LogP contribution in [0.1, 0.15) is 23.5 Å². The third-order valence-corrected chi connectivity index (χ3v) is 3.41. The highest BCUT2D eigenvalue weighted by molar-refractivity contribution is 5.52. The van der Waals surface area contributed by atoms with Gasteiger partial charge >= 0.3 is 0 Å². The summed E-state index contributed by atoms with van der Waals surface area (Å²) in [7, 11) is 0. The molecule has 3 aromatic heterocycles. The molecule has 0 radical (unpaired) electrons. The Hall–Kier alpha value is -2.94. The number of hydrogen-bond donors (Lipinski definition) is 1. The SMILES string of the molecule is Cc1ccc(C#N)c(NCCCc2nnc3ccccn23)n1. The van der Waals surface area contributed by atoms with Crippen molar-refractivity contribution in [3.05, 3.63) is 53.6 Å². The summed E-state index contributed by atoms with van der Waals surface area (Å²) in [6.07, 6.45) is 3.66. The van der Waals surface area contributed by atoms with Crippen molar-refractivity contribution in [3.8, 4) is 6.07 Å². The van der Waals surface area contributed by atoms with Crippen LogP contribution in [0.5, 0.6) is 0 Å². The average Bonchev–Trinajstić information content (AvgIpc) is 2.95. The second-order valence-corrected chi connectivity index (χ2v) is 5.04. The van der Waals surface area contributed by atoms with Crippen LogP contribution in [0, 0.1) is 18.3 Å². The maximum absolute atomic E-state index is 9.08. The molecule has 0 saturated heterocycles. The molecular weight excluding hydrogens is 276 g/mol. The molecule has 6 heteroatoms. The van der Waals surface area contributed by atoms with Crippen molar-refractivity contribution in [2.45, 2.75) is 19.8 Å². The van der Waals surface area contributed by atoms with Gasteiger partial charge in [-0.2, -0.15) is 5.26 Å². The van der Waals surface area contributed by atoms with Gasteiger partial charge in [-0.15, -0.1) is 10.2 Å². The Morgan fingerprint density at radius 1 is 1.23 bits per heavy atom. The van der Waals surface area contributed by atoms with Crippen LogP contribution in [0.4, 0.5) is 5.82 Å². The fourth-order valence-corrected chi connectivity index (χ4v) is 2.30. The number of nitrogens with one attached hydrogen (secondary N) is 1. The van der Waals surface area contributed by atoms with Gasteiger partial charge < -0.3 is 5.32 Å². The first-order valence-electron chi connectivity index (χ1n) is 7.18. The van der Waals surface area contributed by atoms with Crippen LogP contribution in [0.3, 0.4) is 0 Å². The Labute approximate surface area is 128 Å². The maximum atomic E-state index is 9.08. The molecule has 22 heavy (non-hydrogen) atoms. The summed E-state index contributed by atoms with van der Waals surface area (Å²) in [6, 6.07) is 11.6. The Morgan fingerprint density at radius 3 is 3.00 bits per heavy atom. The molecular formula is C16H16N6. The van der Waals surface area contributed by atoms with Crippen molar-refractivity contribution in [2.24, 2.45) is 0 Å². The minimum Gasteiger partial charge on any atom is -0.369 e. The van der Waals surface area contributed by atoms with E-state index in [0.29, 0.717) is 11.4 Å². The second kappa shape index (κ2) is 6.22. The summed E-state index contributed by atoms with van der Waals surface area (Å²) in [6.45, 7) is 2.64. The van der Waals surface area contributed by atoms with Crippen molar-refractivity contribution in [1.29, 1.82) is 5.26 Å². The fraction of sp³-hybridized carbons (Fsp3) is 0.250. The second-order valence-electron chi connectivity index (χ2n) is 5.04. The van der Waals surface area contributed by atoms with Crippen LogP contribution in [0.25, 0.3) is 5.65 Å². The minimum atomic E-state index is 0.568. The van der Waals surface area contributed by atoms with Gasteiger partial charge in [0.25, 0.3) is 0 Å². The molecule has 0 aromatic carbocycles. The van der Waals surface area contributed by atoms with Crippen molar-refractivity contribution in [2.75, 3.05) is 11.9 Å². The molecule has 0 amide bonds. The number of fused-ring (bicyclic) bond motifs is 1. The number of pyridine rings is 2. The van der Waals surface area contributed by atoms with E-state index in [0.717, 1.165) is 36.6 Å². The number of hydrogen-bond acceptors (Lipinski definition) is 5. The molecule has 6 nitrogen and oxygen atoms in total. The van der Waals surface area contributed by atoms with Crippen LogP contribution >= 0.6 is 0 Å². The summed E-state index contributed by atoms with van der Waals surface area (Å²) in [5, 5.41) is 20.6. The molecule has 0 saturated carbocycles. The van der Waals surface area contributed by atoms with Gasteiger partial charge in [-0.25, -0.2) is 4.98 Å². The number of aryl methyl sites for hydroxylation is 2. The summed E-state index contributed by atoms with van der Waals surface area (Å²) < 4.78 is 1.99. The molecule has 0 atom stereocenters. The highest BCUT2D eigenvalue weighted by atomic mass is 15.2. The van der Waals surface area contributed by atoms with Crippen molar-refractivity contribution in [1.82, 2.24) is 19.6 Å². The van der Waals surface area contributed by atoms with Crippen LogP contribution < -0.4 is 5.32 Å². The molecule has 1 N–H and O–H groups in total. The van der Waals surface area contributed by atoms with Crippen molar-refractivity contribution in [3.63, 3.8) is 0 Å². The Balaban J connectivity index is 1.60. The monoisotopic (exact) mass is 292 g/mol. The molecule has 0 spiro atoms. The zero-order chi connectivity index (χ0) is 15.4. The summed E-state index contributed by atoms with van der Waals surface area (Å²) in [4.78, 5) is 4.36. The van der Waals surface area contributed by atoms with Crippen LogP contribution in [-0.4, -0.2) is 26.1 Å². The third-order valence-electron chi connectivity index (χ3n) is 3.41. The third kappa shape index (κ3) is 2.88. The zero-order valence-corrected chi connectivity index (χ0v) is 12.3. The van der Waals surface area contributed by atoms with E-state index < -0.39 is 0 Å². The first-order valence-corrected chi connectivity index (χ1v) is 7.18. The van der Waals surface area contributed by atoms with E-state index in [1.807, 2.05) is 41.8 Å².